The van der Waals surface area contributed by atoms with Gasteiger partial charge in [-0.2, -0.15) is 0 Å². The highest BCUT2D eigenvalue weighted by Gasteiger charge is 2.06. The van der Waals surface area contributed by atoms with Gasteiger partial charge in [0.05, 0.1) is 10.1 Å². The Hall–Kier alpha value is -0.760. The Labute approximate surface area is 104 Å². The summed E-state index contributed by atoms with van der Waals surface area (Å²) in [6.45, 7) is 2.33. The summed E-state index contributed by atoms with van der Waals surface area (Å²) < 4.78 is 2.27. The van der Waals surface area contributed by atoms with E-state index in [9.17, 15) is 4.79 Å². The lowest BCUT2D eigenvalue weighted by molar-refractivity contribution is 0.691. The molecule has 4 nitrogen and oxygen atoms in total. The highest BCUT2D eigenvalue weighted by molar-refractivity contribution is 14.1. The number of hydrogen-bond acceptors (Lipinski definition) is 4. The van der Waals surface area contributed by atoms with E-state index in [0.29, 0.717) is 10.1 Å². The highest BCUT2D eigenvalue weighted by atomic mass is 127. The number of aryl methyl sites for hydroxylation is 1. The van der Waals surface area contributed by atoms with E-state index < -0.39 is 0 Å². The van der Waals surface area contributed by atoms with E-state index in [1.165, 1.54) is 11.3 Å². The van der Waals surface area contributed by atoms with Crippen LogP contribution in [0.1, 0.15) is 10.8 Å². The fraction of sp³-hybridized carbons (Fsp3) is 0.222. The molecule has 0 N–H and O–H groups in total. The molecule has 2 aromatic rings. The molecule has 2 rings (SSSR count). The van der Waals surface area contributed by atoms with Gasteiger partial charge < -0.3 is 0 Å². The number of rotatable bonds is 2. The van der Waals surface area contributed by atoms with Crippen LogP contribution in [-0.4, -0.2) is 14.5 Å². The summed E-state index contributed by atoms with van der Waals surface area (Å²) in [6, 6.07) is 0. The minimum atomic E-state index is -0.00157. The molecule has 0 spiro atoms. The Bertz CT molecular complexity index is 521. The van der Waals surface area contributed by atoms with Crippen molar-refractivity contribution in [1.29, 1.82) is 0 Å². The lowest BCUT2D eigenvalue weighted by atomic mass is 10.5. The molecule has 0 aromatic carbocycles. The molecule has 0 bridgehead atoms. The molecular weight excluding hydrogens is 325 g/mol. The van der Waals surface area contributed by atoms with Gasteiger partial charge in [-0.3, -0.25) is 9.36 Å². The van der Waals surface area contributed by atoms with Gasteiger partial charge in [0.1, 0.15) is 10.8 Å². The molecule has 0 aliphatic heterocycles. The van der Waals surface area contributed by atoms with Gasteiger partial charge in [-0.05, 0) is 29.5 Å². The predicted molar refractivity (Wildman–Crippen MR) is 67.2 cm³/mol. The van der Waals surface area contributed by atoms with Crippen LogP contribution in [0.5, 0.6) is 0 Å². The summed E-state index contributed by atoms with van der Waals surface area (Å²) in [5, 5.41) is 2.82. The van der Waals surface area contributed by atoms with Crippen LogP contribution in [0, 0.1) is 10.5 Å². The summed E-state index contributed by atoms with van der Waals surface area (Å²) >= 11 is 3.53. The van der Waals surface area contributed by atoms with Crippen molar-refractivity contribution in [3.8, 4) is 0 Å². The second-order valence-electron chi connectivity index (χ2n) is 2.97. The number of aromatic nitrogens is 3. The third-order valence-electron chi connectivity index (χ3n) is 1.98. The van der Waals surface area contributed by atoms with Gasteiger partial charge in [0.25, 0.3) is 5.56 Å². The monoisotopic (exact) mass is 333 g/mol. The van der Waals surface area contributed by atoms with Gasteiger partial charge in [-0.1, -0.05) is 0 Å². The smallest absolute Gasteiger partial charge is 0.267 e. The first kappa shape index (κ1) is 10.7. The lowest BCUT2D eigenvalue weighted by Crippen LogP contribution is -2.25. The van der Waals surface area contributed by atoms with Crippen molar-refractivity contribution in [2.45, 2.75) is 13.5 Å². The highest BCUT2D eigenvalue weighted by Crippen LogP contribution is 2.06. The predicted octanol–water partition coefficient (Wildman–Crippen LogP) is 1.66. The van der Waals surface area contributed by atoms with Gasteiger partial charge in [0.2, 0.25) is 0 Å². The molecule has 2 heterocycles. The zero-order valence-electron chi connectivity index (χ0n) is 7.98. The molecule has 78 valence electrons. The van der Waals surface area contributed by atoms with Crippen LogP contribution in [0.3, 0.4) is 0 Å². The van der Waals surface area contributed by atoms with Gasteiger partial charge in [0, 0.05) is 17.8 Å². The molecule has 0 aliphatic carbocycles. The minimum absolute atomic E-state index is 0.00157. The second kappa shape index (κ2) is 4.40. The second-order valence-corrected chi connectivity index (χ2v) is 5.11. The van der Waals surface area contributed by atoms with Crippen molar-refractivity contribution in [3.63, 3.8) is 0 Å². The van der Waals surface area contributed by atoms with Gasteiger partial charge in [-0.25, -0.2) is 9.97 Å². The number of halogens is 1. The van der Waals surface area contributed by atoms with E-state index in [1.54, 1.807) is 17.0 Å². The van der Waals surface area contributed by atoms with Gasteiger partial charge in [-0.15, -0.1) is 11.3 Å². The fourth-order valence-electron chi connectivity index (χ4n) is 1.20. The van der Waals surface area contributed by atoms with Crippen LogP contribution in [0.25, 0.3) is 0 Å². The van der Waals surface area contributed by atoms with E-state index in [4.69, 9.17) is 0 Å². The normalized spacial score (nSPS) is 10.5. The third kappa shape index (κ3) is 2.25. The summed E-state index contributed by atoms with van der Waals surface area (Å²) in [5.74, 6) is 0.718. The maximum Gasteiger partial charge on any atom is 0.267 e. The van der Waals surface area contributed by atoms with Crippen LogP contribution in [0.2, 0.25) is 0 Å². The van der Waals surface area contributed by atoms with Crippen molar-refractivity contribution >= 4 is 33.9 Å². The largest absolute Gasteiger partial charge is 0.289 e. The summed E-state index contributed by atoms with van der Waals surface area (Å²) in [6.07, 6.45) is 3.33. The quantitative estimate of drug-likeness (QED) is 0.786. The summed E-state index contributed by atoms with van der Waals surface area (Å²) in [5.41, 5.74) is -0.00157. The van der Waals surface area contributed by atoms with Crippen molar-refractivity contribution < 1.29 is 0 Å². The maximum absolute atomic E-state index is 11.8. The molecule has 15 heavy (non-hydrogen) atoms. The van der Waals surface area contributed by atoms with Crippen molar-refractivity contribution in [2.24, 2.45) is 0 Å². The first-order valence-electron chi connectivity index (χ1n) is 4.29. The molecule has 0 amide bonds. The standard InChI is InChI=1S/C9H8IN3OS/c1-6-12-4-7(10)9(14)13(6)5-8-11-2-3-15-8/h2-4H,5H2,1H3. The van der Waals surface area contributed by atoms with E-state index in [0.717, 1.165) is 10.8 Å². The molecule has 2 aromatic heterocycles. The Morgan fingerprint density at radius 3 is 3.00 bits per heavy atom. The maximum atomic E-state index is 11.8. The molecule has 0 radical (unpaired) electrons. The minimum Gasteiger partial charge on any atom is -0.289 e. The van der Waals surface area contributed by atoms with Gasteiger partial charge >= 0.3 is 0 Å². The summed E-state index contributed by atoms with van der Waals surface area (Å²) in [7, 11) is 0. The Balaban J connectivity index is 2.44. The van der Waals surface area contributed by atoms with E-state index in [-0.39, 0.29) is 5.56 Å². The molecule has 0 fully saturated rings. The average Bonchev–Trinajstić information content (AvgIpc) is 2.71. The molecular formula is C9H8IN3OS. The molecule has 0 saturated heterocycles. The van der Waals surface area contributed by atoms with E-state index in [2.05, 4.69) is 9.97 Å². The van der Waals surface area contributed by atoms with Crippen LogP contribution >= 0.6 is 33.9 Å². The molecule has 0 saturated carbocycles. The number of nitrogens with zero attached hydrogens (tertiary/aromatic N) is 3. The van der Waals surface area contributed by atoms with E-state index in [1.807, 2.05) is 34.9 Å². The molecule has 0 atom stereocenters. The molecule has 6 heteroatoms. The zero-order chi connectivity index (χ0) is 10.8. The first-order valence-corrected chi connectivity index (χ1v) is 6.24. The Morgan fingerprint density at radius 1 is 1.53 bits per heavy atom. The van der Waals surface area contributed by atoms with Crippen molar-refractivity contribution in [2.75, 3.05) is 0 Å². The van der Waals surface area contributed by atoms with Crippen molar-refractivity contribution in [3.05, 3.63) is 42.5 Å². The van der Waals surface area contributed by atoms with Crippen LogP contribution in [0.15, 0.2) is 22.6 Å². The SMILES string of the molecule is Cc1ncc(I)c(=O)n1Cc1nccs1. The van der Waals surface area contributed by atoms with Crippen LogP contribution in [-0.2, 0) is 6.54 Å². The van der Waals surface area contributed by atoms with E-state index >= 15 is 0 Å². The van der Waals surface area contributed by atoms with Crippen LogP contribution in [0.4, 0.5) is 0 Å². The molecule has 0 aliphatic rings. The topological polar surface area (TPSA) is 47.8 Å². The third-order valence-corrected chi connectivity index (χ3v) is 3.49. The Morgan fingerprint density at radius 2 is 2.33 bits per heavy atom. The van der Waals surface area contributed by atoms with Crippen LogP contribution < -0.4 is 5.56 Å². The van der Waals surface area contributed by atoms with Crippen molar-refractivity contribution in [1.82, 2.24) is 14.5 Å². The first-order chi connectivity index (χ1) is 7.18. The number of thiazole rings is 1. The lowest BCUT2D eigenvalue weighted by Gasteiger charge is -2.06. The summed E-state index contributed by atoms with van der Waals surface area (Å²) in [4.78, 5) is 20.1. The average molecular weight is 333 g/mol. The van der Waals surface area contributed by atoms with Gasteiger partial charge in [0.15, 0.2) is 0 Å². The Kier molecular flexibility index (Phi) is 3.15. The zero-order valence-corrected chi connectivity index (χ0v) is 10.9. The number of hydrogen-bond donors (Lipinski definition) is 0. The fourth-order valence-corrected chi connectivity index (χ4v) is 2.24. The molecule has 0 unspecified atom stereocenters.